The summed E-state index contributed by atoms with van der Waals surface area (Å²) in [6.07, 6.45) is 4.14. The fraction of sp³-hybridized carbons (Fsp3) is 0.438. The van der Waals surface area contributed by atoms with Crippen LogP contribution < -0.4 is 19.6 Å². The molecule has 5 heteroatoms. The Morgan fingerprint density at radius 3 is 2.38 bits per heavy atom. The molecule has 21 heavy (non-hydrogen) atoms. The van der Waals surface area contributed by atoms with Crippen molar-refractivity contribution in [2.75, 3.05) is 21.3 Å². The van der Waals surface area contributed by atoms with Crippen molar-refractivity contribution >= 4 is 11.0 Å². The van der Waals surface area contributed by atoms with E-state index in [1.807, 2.05) is 0 Å². The molecule has 0 N–H and O–H groups in total. The summed E-state index contributed by atoms with van der Waals surface area (Å²) >= 11 is 0. The molecule has 0 atom stereocenters. The molecule has 2 rings (SSSR count). The standard InChI is InChI=1S/C16H20O5/c1-5-6-7-10-9-21-16-13(14(10)17)11(18-2)8-12(19-3)15(16)20-4/h8-9H,5-7H2,1-4H3. The van der Waals surface area contributed by atoms with Crippen LogP contribution in [0.2, 0.25) is 0 Å². The van der Waals surface area contributed by atoms with Crippen molar-refractivity contribution in [3.05, 3.63) is 28.1 Å². The van der Waals surface area contributed by atoms with Crippen LogP contribution in [0, 0.1) is 0 Å². The molecule has 0 saturated carbocycles. The van der Waals surface area contributed by atoms with Crippen LogP contribution in [0.5, 0.6) is 17.2 Å². The van der Waals surface area contributed by atoms with Gasteiger partial charge in [0.25, 0.3) is 0 Å². The molecule has 114 valence electrons. The zero-order valence-electron chi connectivity index (χ0n) is 12.8. The van der Waals surface area contributed by atoms with Gasteiger partial charge in [-0.2, -0.15) is 0 Å². The van der Waals surface area contributed by atoms with Crippen molar-refractivity contribution in [2.45, 2.75) is 26.2 Å². The van der Waals surface area contributed by atoms with E-state index in [-0.39, 0.29) is 5.43 Å². The van der Waals surface area contributed by atoms with Crippen LogP contribution >= 0.6 is 0 Å². The zero-order valence-corrected chi connectivity index (χ0v) is 12.8. The highest BCUT2D eigenvalue weighted by Gasteiger charge is 2.20. The second-order valence-electron chi connectivity index (χ2n) is 4.71. The minimum atomic E-state index is -0.0810. The number of aryl methyl sites for hydroxylation is 1. The third-order valence-electron chi connectivity index (χ3n) is 3.45. The lowest BCUT2D eigenvalue weighted by molar-refractivity contribution is 0.347. The van der Waals surface area contributed by atoms with Crippen molar-refractivity contribution in [1.82, 2.24) is 0 Å². The van der Waals surface area contributed by atoms with Crippen molar-refractivity contribution in [3.8, 4) is 17.2 Å². The van der Waals surface area contributed by atoms with Crippen molar-refractivity contribution < 1.29 is 18.6 Å². The molecule has 2 aromatic rings. The molecule has 0 bridgehead atoms. The van der Waals surface area contributed by atoms with E-state index < -0.39 is 0 Å². The minimum absolute atomic E-state index is 0.0810. The molecule has 0 amide bonds. The second kappa shape index (κ2) is 6.52. The fourth-order valence-electron chi connectivity index (χ4n) is 2.31. The smallest absolute Gasteiger partial charge is 0.204 e. The van der Waals surface area contributed by atoms with E-state index in [0.29, 0.717) is 40.2 Å². The first-order valence-electron chi connectivity index (χ1n) is 6.91. The van der Waals surface area contributed by atoms with Gasteiger partial charge in [0, 0.05) is 11.6 Å². The number of unbranched alkanes of at least 4 members (excludes halogenated alkanes) is 1. The number of methoxy groups -OCH3 is 3. The average molecular weight is 292 g/mol. The van der Waals surface area contributed by atoms with Gasteiger partial charge in [0.2, 0.25) is 5.75 Å². The van der Waals surface area contributed by atoms with Gasteiger partial charge in [-0.25, -0.2) is 0 Å². The predicted octanol–water partition coefficient (Wildman–Crippen LogP) is 3.16. The normalized spacial score (nSPS) is 10.7. The molecule has 0 aliphatic heterocycles. The molecule has 1 aromatic carbocycles. The van der Waals surface area contributed by atoms with E-state index in [4.69, 9.17) is 18.6 Å². The van der Waals surface area contributed by atoms with Gasteiger partial charge in [-0.3, -0.25) is 4.79 Å². The van der Waals surface area contributed by atoms with Gasteiger partial charge in [0.15, 0.2) is 16.8 Å². The maximum atomic E-state index is 12.6. The van der Waals surface area contributed by atoms with E-state index >= 15 is 0 Å². The first-order chi connectivity index (χ1) is 10.2. The number of ether oxygens (including phenoxy) is 3. The summed E-state index contributed by atoms with van der Waals surface area (Å²) < 4.78 is 21.5. The Kier molecular flexibility index (Phi) is 4.73. The first-order valence-corrected chi connectivity index (χ1v) is 6.91. The van der Waals surface area contributed by atoms with E-state index in [9.17, 15) is 4.79 Å². The van der Waals surface area contributed by atoms with E-state index in [0.717, 1.165) is 12.8 Å². The fourth-order valence-corrected chi connectivity index (χ4v) is 2.31. The predicted molar refractivity (Wildman–Crippen MR) is 80.8 cm³/mol. The Labute approximate surface area is 123 Å². The maximum absolute atomic E-state index is 12.6. The highest BCUT2D eigenvalue weighted by atomic mass is 16.5. The lowest BCUT2D eigenvalue weighted by Gasteiger charge is -2.13. The highest BCUT2D eigenvalue weighted by Crippen LogP contribution is 2.40. The summed E-state index contributed by atoms with van der Waals surface area (Å²) in [6.45, 7) is 2.08. The molecule has 0 saturated heterocycles. The number of benzene rings is 1. The lowest BCUT2D eigenvalue weighted by atomic mass is 10.1. The molecular formula is C16H20O5. The Balaban J connectivity index is 2.76. The average Bonchev–Trinajstić information content (AvgIpc) is 2.52. The van der Waals surface area contributed by atoms with E-state index in [1.54, 1.807) is 6.07 Å². The minimum Gasteiger partial charge on any atom is -0.496 e. The summed E-state index contributed by atoms with van der Waals surface area (Å²) in [5.74, 6) is 1.29. The summed E-state index contributed by atoms with van der Waals surface area (Å²) in [6, 6.07) is 1.64. The van der Waals surface area contributed by atoms with Crippen molar-refractivity contribution in [1.29, 1.82) is 0 Å². The van der Waals surface area contributed by atoms with Gasteiger partial charge < -0.3 is 18.6 Å². The quantitative estimate of drug-likeness (QED) is 0.818. The van der Waals surface area contributed by atoms with Gasteiger partial charge in [0.05, 0.1) is 27.6 Å². The summed E-state index contributed by atoms with van der Waals surface area (Å²) in [5.41, 5.74) is 0.913. The van der Waals surface area contributed by atoms with Crippen molar-refractivity contribution in [2.24, 2.45) is 0 Å². The number of rotatable bonds is 6. The van der Waals surface area contributed by atoms with Crippen LogP contribution in [-0.2, 0) is 6.42 Å². The Morgan fingerprint density at radius 2 is 1.81 bits per heavy atom. The van der Waals surface area contributed by atoms with Gasteiger partial charge >= 0.3 is 0 Å². The monoisotopic (exact) mass is 292 g/mol. The summed E-state index contributed by atoms with van der Waals surface area (Å²) in [4.78, 5) is 12.6. The van der Waals surface area contributed by atoms with E-state index in [1.165, 1.54) is 27.6 Å². The molecule has 1 aromatic heterocycles. The van der Waals surface area contributed by atoms with Gasteiger partial charge in [-0.05, 0) is 12.8 Å². The van der Waals surface area contributed by atoms with Crippen LogP contribution in [0.3, 0.4) is 0 Å². The second-order valence-corrected chi connectivity index (χ2v) is 4.71. The molecule has 0 unspecified atom stereocenters. The Bertz CT molecular complexity index is 687. The van der Waals surface area contributed by atoms with Crippen LogP contribution in [0.1, 0.15) is 25.3 Å². The number of hydrogen-bond acceptors (Lipinski definition) is 5. The molecule has 5 nitrogen and oxygen atoms in total. The molecule has 0 aliphatic carbocycles. The maximum Gasteiger partial charge on any atom is 0.204 e. The number of fused-ring (bicyclic) bond motifs is 1. The van der Waals surface area contributed by atoms with Crippen LogP contribution in [0.25, 0.3) is 11.0 Å². The topological polar surface area (TPSA) is 57.9 Å². The van der Waals surface area contributed by atoms with Gasteiger partial charge in [-0.15, -0.1) is 0 Å². The van der Waals surface area contributed by atoms with Gasteiger partial charge in [0.1, 0.15) is 11.1 Å². The SMILES string of the molecule is CCCCc1coc2c(OC)c(OC)cc(OC)c2c1=O. The Hall–Kier alpha value is -2.17. The molecule has 0 spiro atoms. The zero-order chi connectivity index (χ0) is 15.4. The third-order valence-corrected chi connectivity index (χ3v) is 3.45. The van der Waals surface area contributed by atoms with Crippen LogP contribution in [-0.4, -0.2) is 21.3 Å². The number of hydrogen-bond donors (Lipinski definition) is 0. The summed E-state index contributed by atoms with van der Waals surface area (Å²) in [5, 5.41) is 0.392. The highest BCUT2D eigenvalue weighted by molar-refractivity contribution is 5.91. The third kappa shape index (κ3) is 2.68. The molecule has 1 heterocycles. The Morgan fingerprint density at radius 1 is 1.10 bits per heavy atom. The van der Waals surface area contributed by atoms with Crippen LogP contribution in [0.4, 0.5) is 0 Å². The molecule has 0 radical (unpaired) electrons. The first kappa shape index (κ1) is 15.2. The summed E-state index contributed by atoms with van der Waals surface area (Å²) in [7, 11) is 4.55. The lowest BCUT2D eigenvalue weighted by Crippen LogP contribution is -2.10. The van der Waals surface area contributed by atoms with Crippen LogP contribution in [0.15, 0.2) is 21.5 Å². The molecule has 0 fully saturated rings. The molecular weight excluding hydrogens is 272 g/mol. The largest absolute Gasteiger partial charge is 0.496 e. The molecule has 0 aliphatic rings. The van der Waals surface area contributed by atoms with Gasteiger partial charge in [-0.1, -0.05) is 13.3 Å². The van der Waals surface area contributed by atoms with Crippen molar-refractivity contribution in [3.63, 3.8) is 0 Å². The van der Waals surface area contributed by atoms with E-state index in [2.05, 4.69) is 6.92 Å².